The SMILES string of the molecule is CC(C)NCC(C)C(C)c1ccc(C(C)C)cc1. The number of hydrogen-bond acceptors (Lipinski definition) is 1. The molecule has 0 aliphatic carbocycles. The van der Waals surface area contributed by atoms with Crippen molar-refractivity contribution in [2.45, 2.75) is 59.4 Å². The minimum absolute atomic E-state index is 0.572. The van der Waals surface area contributed by atoms with Crippen molar-refractivity contribution >= 4 is 0 Å². The molecule has 0 amide bonds. The van der Waals surface area contributed by atoms with E-state index in [0.29, 0.717) is 23.8 Å². The summed E-state index contributed by atoms with van der Waals surface area (Å²) in [5.74, 6) is 1.89. The summed E-state index contributed by atoms with van der Waals surface area (Å²) in [5, 5.41) is 3.53. The summed E-state index contributed by atoms with van der Waals surface area (Å²) >= 11 is 0. The molecule has 102 valence electrons. The smallest absolute Gasteiger partial charge is 0.00104 e. The summed E-state index contributed by atoms with van der Waals surface area (Å²) in [5.41, 5.74) is 2.89. The first-order valence-electron chi connectivity index (χ1n) is 7.25. The Morgan fingerprint density at radius 1 is 0.833 bits per heavy atom. The van der Waals surface area contributed by atoms with Crippen LogP contribution in [0.5, 0.6) is 0 Å². The van der Waals surface area contributed by atoms with Crippen LogP contribution >= 0.6 is 0 Å². The van der Waals surface area contributed by atoms with Crippen molar-refractivity contribution in [2.75, 3.05) is 6.54 Å². The highest BCUT2D eigenvalue weighted by molar-refractivity contribution is 5.27. The summed E-state index contributed by atoms with van der Waals surface area (Å²) in [6.45, 7) is 14.6. The maximum Gasteiger partial charge on any atom is 0.00104 e. The molecule has 18 heavy (non-hydrogen) atoms. The van der Waals surface area contributed by atoms with Gasteiger partial charge in [0.25, 0.3) is 0 Å². The van der Waals surface area contributed by atoms with Gasteiger partial charge < -0.3 is 5.32 Å². The predicted molar refractivity (Wildman–Crippen MR) is 81.2 cm³/mol. The molecule has 1 heteroatoms. The highest BCUT2D eigenvalue weighted by Gasteiger charge is 2.14. The van der Waals surface area contributed by atoms with Gasteiger partial charge in [0.2, 0.25) is 0 Å². The van der Waals surface area contributed by atoms with Gasteiger partial charge in [0, 0.05) is 6.04 Å². The lowest BCUT2D eigenvalue weighted by Crippen LogP contribution is -2.29. The Balaban J connectivity index is 2.62. The molecule has 0 aromatic heterocycles. The fourth-order valence-electron chi connectivity index (χ4n) is 2.11. The van der Waals surface area contributed by atoms with Crippen molar-refractivity contribution in [3.05, 3.63) is 35.4 Å². The van der Waals surface area contributed by atoms with E-state index in [-0.39, 0.29) is 0 Å². The molecule has 0 aliphatic heterocycles. The zero-order valence-electron chi connectivity index (χ0n) is 12.8. The summed E-state index contributed by atoms with van der Waals surface area (Å²) in [6, 6.07) is 9.72. The van der Waals surface area contributed by atoms with E-state index in [0.717, 1.165) is 6.54 Å². The Morgan fingerprint density at radius 2 is 1.33 bits per heavy atom. The Kier molecular flexibility index (Phi) is 5.87. The van der Waals surface area contributed by atoms with E-state index in [2.05, 4.69) is 71.1 Å². The summed E-state index contributed by atoms with van der Waals surface area (Å²) < 4.78 is 0. The molecule has 0 fully saturated rings. The fourth-order valence-corrected chi connectivity index (χ4v) is 2.11. The van der Waals surface area contributed by atoms with Crippen LogP contribution in [0.15, 0.2) is 24.3 Å². The Hall–Kier alpha value is -0.820. The van der Waals surface area contributed by atoms with Gasteiger partial charge in [-0.3, -0.25) is 0 Å². The van der Waals surface area contributed by atoms with Crippen molar-refractivity contribution in [3.8, 4) is 0 Å². The van der Waals surface area contributed by atoms with Crippen LogP contribution in [0.4, 0.5) is 0 Å². The average molecular weight is 247 g/mol. The second-order valence-corrected chi connectivity index (χ2v) is 6.15. The zero-order chi connectivity index (χ0) is 13.7. The molecule has 0 radical (unpaired) electrons. The molecule has 1 nitrogen and oxygen atoms in total. The molecule has 0 spiro atoms. The molecule has 0 saturated carbocycles. The summed E-state index contributed by atoms with van der Waals surface area (Å²) in [4.78, 5) is 0. The molecule has 1 aromatic rings. The van der Waals surface area contributed by atoms with Crippen molar-refractivity contribution in [1.29, 1.82) is 0 Å². The molecule has 1 N–H and O–H groups in total. The van der Waals surface area contributed by atoms with Gasteiger partial charge in [0.1, 0.15) is 0 Å². The number of hydrogen-bond donors (Lipinski definition) is 1. The third kappa shape index (κ3) is 4.45. The van der Waals surface area contributed by atoms with Crippen molar-refractivity contribution < 1.29 is 0 Å². The first-order valence-corrected chi connectivity index (χ1v) is 7.25. The third-order valence-corrected chi connectivity index (χ3v) is 3.83. The van der Waals surface area contributed by atoms with E-state index in [4.69, 9.17) is 0 Å². The molecule has 1 rings (SSSR count). The molecule has 1 aromatic carbocycles. The van der Waals surface area contributed by atoms with Crippen LogP contribution < -0.4 is 5.32 Å². The average Bonchev–Trinajstić information content (AvgIpc) is 2.35. The molecular weight excluding hydrogens is 218 g/mol. The molecule has 0 saturated heterocycles. The van der Waals surface area contributed by atoms with Crippen LogP contribution in [0.2, 0.25) is 0 Å². The second-order valence-electron chi connectivity index (χ2n) is 6.15. The second kappa shape index (κ2) is 6.94. The van der Waals surface area contributed by atoms with E-state index in [9.17, 15) is 0 Å². The lowest BCUT2D eigenvalue weighted by molar-refractivity contribution is 0.426. The van der Waals surface area contributed by atoms with E-state index in [1.807, 2.05) is 0 Å². The van der Waals surface area contributed by atoms with E-state index < -0.39 is 0 Å². The standard InChI is InChI=1S/C17H29N/c1-12(2)16-7-9-17(10-8-16)15(6)14(5)11-18-13(3)4/h7-10,12-15,18H,11H2,1-6H3. The van der Waals surface area contributed by atoms with Crippen LogP contribution in [0.1, 0.15) is 64.5 Å². The minimum Gasteiger partial charge on any atom is -0.314 e. The number of benzene rings is 1. The first kappa shape index (κ1) is 15.2. The molecule has 2 unspecified atom stereocenters. The molecule has 2 atom stereocenters. The molecule has 0 heterocycles. The largest absolute Gasteiger partial charge is 0.314 e. The van der Waals surface area contributed by atoms with Gasteiger partial charge in [0.15, 0.2) is 0 Å². The van der Waals surface area contributed by atoms with E-state index in [1.54, 1.807) is 0 Å². The number of rotatable bonds is 6. The maximum absolute atomic E-state index is 3.53. The van der Waals surface area contributed by atoms with Gasteiger partial charge >= 0.3 is 0 Å². The van der Waals surface area contributed by atoms with Gasteiger partial charge in [-0.25, -0.2) is 0 Å². The van der Waals surface area contributed by atoms with Crippen LogP contribution in [0, 0.1) is 5.92 Å². The molecule has 0 aliphatic rings. The summed E-state index contributed by atoms with van der Waals surface area (Å²) in [6.07, 6.45) is 0. The third-order valence-electron chi connectivity index (χ3n) is 3.83. The zero-order valence-corrected chi connectivity index (χ0v) is 12.8. The fraction of sp³-hybridized carbons (Fsp3) is 0.647. The lowest BCUT2D eigenvalue weighted by atomic mass is 9.87. The Labute approximate surface area is 113 Å². The van der Waals surface area contributed by atoms with Crippen LogP contribution in [-0.4, -0.2) is 12.6 Å². The molecular formula is C17H29N. The van der Waals surface area contributed by atoms with Gasteiger partial charge in [-0.2, -0.15) is 0 Å². The Bertz CT molecular complexity index is 337. The van der Waals surface area contributed by atoms with Gasteiger partial charge in [-0.05, 0) is 35.4 Å². The van der Waals surface area contributed by atoms with Gasteiger partial charge in [0.05, 0.1) is 0 Å². The van der Waals surface area contributed by atoms with Crippen molar-refractivity contribution in [1.82, 2.24) is 5.32 Å². The highest BCUT2D eigenvalue weighted by Crippen LogP contribution is 2.25. The normalized spacial score (nSPS) is 15.1. The van der Waals surface area contributed by atoms with Gasteiger partial charge in [-0.1, -0.05) is 65.8 Å². The number of nitrogens with one attached hydrogen (secondary N) is 1. The highest BCUT2D eigenvalue weighted by atomic mass is 14.9. The molecule has 0 bridgehead atoms. The van der Waals surface area contributed by atoms with E-state index >= 15 is 0 Å². The summed E-state index contributed by atoms with van der Waals surface area (Å²) in [7, 11) is 0. The quantitative estimate of drug-likeness (QED) is 0.777. The minimum atomic E-state index is 0.572. The van der Waals surface area contributed by atoms with Crippen molar-refractivity contribution in [3.63, 3.8) is 0 Å². The predicted octanol–water partition coefficient (Wildman–Crippen LogP) is 4.55. The monoisotopic (exact) mass is 247 g/mol. The van der Waals surface area contributed by atoms with Crippen LogP contribution in [0.3, 0.4) is 0 Å². The van der Waals surface area contributed by atoms with E-state index in [1.165, 1.54) is 11.1 Å². The topological polar surface area (TPSA) is 12.0 Å². The van der Waals surface area contributed by atoms with Crippen molar-refractivity contribution in [2.24, 2.45) is 5.92 Å². The first-order chi connectivity index (χ1) is 8.41. The van der Waals surface area contributed by atoms with Crippen LogP contribution in [-0.2, 0) is 0 Å². The lowest BCUT2D eigenvalue weighted by Gasteiger charge is -2.22. The van der Waals surface area contributed by atoms with Gasteiger partial charge in [-0.15, -0.1) is 0 Å². The maximum atomic E-state index is 3.53. The van der Waals surface area contributed by atoms with Crippen LogP contribution in [0.25, 0.3) is 0 Å². The Morgan fingerprint density at radius 3 is 1.78 bits per heavy atom.